The van der Waals surface area contributed by atoms with Gasteiger partial charge in [0.25, 0.3) is 0 Å². The maximum absolute atomic E-state index is 5.45. The number of hydrogen-bond donors (Lipinski definition) is 1. The summed E-state index contributed by atoms with van der Waals surface area (Å²) in [6.07, 6.45) is 1.12. The van der Waals surface area contributed by atoms with E-state index in [0.29, 0.717) is 12.0 Å². The monoisotopic (exact) mass is 265 g/mol. The molecule has 3 nitrogen and oxygen atoms in total. The molecule has 19 heavy (non-hydrogen) atoms. The lowest BCUT2D eigenvalue weighted by Gasteiger charge is -2.26. The second kappa shape index (κ2) is 7.39. The Morgan fingerprint density at radius 3 is 2.26 bits per heavy atom. The highest BCUT2D eigenvalue weighted by Crippen LogP contribution is 2.30. The smallest absolute Gasteiger partial charge is 0.123 e. The van der Waals surface area contributed by atoms with Gasteiger partial charge in [0, 0.05) is 17.6 Å². The Morgan fingerprint density at radius 2 is 1.79 bits per heavy atom. The molecule has 1 aromatic rings. The van der Waals surface area contributed by atoms with Gasteiger partial charge < -0.3 is 14.8 Å². The van der Waals surface area contributed by atoms with Crippen LogP contribution in [0.4, 0.5) is 0 Å². The average molecular weight is 265 g/mol. The van der Waals surface area contributed by atoms with Crippen LogP contribution in [-0.4, -0.2) is 20.3 Å². The lowest BCUT2D eigenvalue weighted by Crippen LogP contribution is -2.35. The van der Waals surface area contributed by atoms with E-state index in [2.05, 4.69) is 33.0 Å². The minimum Gasteiger partial charge on any atom is -0.497 e. The predicted octanol–water partition coefficient (Wildman–Crippen LogP) is 3.79. The standard InChI is InChI=1S/C16H27NO2/c1-7-15(11(2)3)17-12(4)14-10-13(18-5)8-9-16(14)19-6/h8-12,15,17H,7H2,1-6H3. The van der Waals surface area contributed by atoms with Crippen LogP contribution in [0.15, 0.2) is 18.2 Å². The van der Waals surface area contributed by atoms with Gasteiger partial charge in [-0.1, -0.05) is 20.8 Å². The number of hydrogen-bond acceptors (Lipinski definition) is 3. The fraction of sp³-hybridized carbons (Fsp3) is 0.625. The largest absolute Gasteiger partial charge is 0.497 e. The highest BCUT2D eigenvalue weighted by atomic mass is 16.5. The summed E-state index contributed by atoms with van der Waals surface area (Å²) < 4.78 is 10.7. The molecule has 1 N–H and O–H groups in total. The maximum atomic E-state index is 5.45. The van der Waals surface area contributed by atoms with Crippen molar-refractivity contribution in [1.29, 1.82) is 0 Å². The van der Waals surface area contributed by atoms with Crippen LogP contribution in [0.2, 0.25) is 0 Å². The van der Waals surface area contributed by atoms with Gasteiger partial charge in [-0.15, -0.1) is 0 Å². The third kappa shape index (κ3) is 4.13. The molecule has 3 heteroatoms. The Hall–Kier alpha value is -1.22. The van der Waals surface area contributed by atoms with E-state index >= 15 is 0 Å². The summed E-state index contributed by atoms with van der Waals surface area (Å²) in [5.41, 5.74) is 1.14. The fourth-order valence-corrected chi connectivity index (χ4v) is 2.37. The van der Waals surface area contributed by atoms with Crippen LogP contribution in [0.25, 0.3) is 0 Å². The quantitative estimate of drug-likeness (QED) is 0.813. The predicted molar refractivity (Wildman–Crippen MR) is 80.0 cm³/mol. The van der Waals surface area contributed by atoms with E-state index in [-0.39, 0.29) is 6.04 Å². The lowest BCUT2D eigenvalue weighted by atomic mass is 9.98. The molecule has 0 aromatic heterocycles. The van der Waals surface area contributed by atoms with Gasteiger partial charge in [-0.3, -0.25) is 0 Å². The van der Waals surface area contributed by atoms with Crippen LogP contribution in [-0.2, 0) is 0 Å². The van der Waals surface area contributed by atoms with E-state index in [9.17, 15) is 0 Å². The molecular formula is C16H27NO2. The topological polar surface area (TPSA) is 30.5 Å². The molecule has 0 saturated heterocycles. The second-order valence-corrected chi connectivity index (χ2v) is 5.25. The minimum atomic E-state index is 0.234. The summed E-state index contributed by atoms with van der Waals surface area (Å²) in [6.45, 7) is 8.88. The first-order valence-corrected chi connectivity index (χ1v) is 7.01. The molecule has 1 rings (SSSR count). The van der Waals surface area contributed by atoms with Gasteiger partial charge in [0.2, 0.25) is 0 Å². The molecule has 2 atom stereocenters. The van der Waals surface area contributed by atoms with Crippen LogP contribution in [0, 0.1) is 5.92 Å². The van der Waals surface area contributed by atoms with Crippen LogP contribution in [0.3, 0.4) is 0 Å². The molecule has 0 aliphatic heterocycles. The summed E-state index contributed by atoms with van der Waals surface area (Å²) >= 11 is 0. The second-order valence-electron chi connectivity index (χ2n) is 5.25. The van der Waals surface area contributed by atoms with Gasteiger partial charge >= 0.3 is 0 Å². The Morgan fingerprint density at radius 1 is 1.11 bits per heavy atom. The van der Waals surface area contributed by atoms with Crippen LogP contribution in [0.5, 0.6) is 11.5 Å². The number of methoxy groups -OCH3 is 2. The molecule has 0 fully saturated rings. The molecule has 1 aromatic carbocycles. The molecule has 0 amide bonds. The highest BCUT2D eigenvalue weighted by Gasteiger charge is 2.18. The van der Waals surface area contributed by atoms with Gasteiger partial charge in [-0.2, -0.15) is 0 Å². The van der Waals surface area contributed by atoms with Gasteiger partial charge in [-0.05, 0) is 37.5 Å². The molecule has 0 spiro atoms. The Kier molecular flexibility index (Phi) is 6.16. The van der Waals surface area contributed by atoms with Crippen LogP contribution >= 0.6 is 0 Å². The minimum absolute atomic E-state index is 0.234. The number of benzene rings is 1. The van der Waals surface area contributed by atoms with Crippen molar-refractivity contribution in [3.05, 3.63) is 23.8 Å². The molecule has 0 heterocycles. The first kappa shape index (κ1) is 15.8. The zero-order chi connectivity index (χ0) is 14.4. The van der Waals surface area contributed by atoms with Crippen molar-refractivity contribution >= 4 is 0 Å². The molecular weight excluding hydrogens is 238 g/mol. The third-order valence-corrected chi connectivity index (χ3v) is 3.61. The summed E-state index contributed by atoms with van der Waals surface area (Å²) in [4.78, 5) is 0. The maximum Gasteiger partial charge on any atom is 0.123 e. The lowest BCUT2D eigenvalue weighted by molar-refractivity contribution is 0.343. The van der Waals surface area contributed by atoms with E-state index < -0.39 is 0 Å². The normalized spacial score (nSPS) is 14.3. The number of nitrogens with one attached hydrogen (secondary N) is 1. The average Bonchev–Trinajstić information content (AvgIpc) is 2.43. The van der Waals surface area contributed by atoms with Crippen molar-refractivity contribution in [3.8, 4) is 11.5 Å². The highest BCUT2D eigenvalue weighted by molar-refractivity contribution is 5.42. The van der Waals surface area contributed by atoms with Crippen LogP contribution < -0.4 is 14.8 Å². The van der Waals surface area contributed by atoms with Gasteiger partial charge in [0.15, 0.2) is 0 Å². The summed E-state index contributed by atoms with van der Waals surface area (Å²) in [5.74, 6) is 2.38. The van der Waals surface area contributed by atoms with E-state index in [1.165, 1.54) is 0 Å². The van der Waals surface area contributed by atoms with Crippen molar-refractivity contribution in [1.82, 2.24) is 5.32 Å². The Balaban J connectivity index is 2.93. The van der Waals surface area contributed by atoms with Crippen molar-refractivity contribution in [3.63, 3.8) is 0 Å². The van der Waals surface area contributed by atoms with Gasteiger partial charge in [0.1, 0.15) is 11.5 Å². The molecule has 0 saturated carbocycles. The molecule has 0 bridgehead atoms. The zero-order valence-corrected chi connectivity index (χ0v) is 13.0. The van der Waals surface area contributed by atoms with Crippen LogP contribution in [0.1, 0.15) is 45.7 Å². The van der Waals surface area contributed by atoms with E-state index in [1.807, 2.05) is 18.2 Å². The summed E-state index contributed by atoms with van der Waals surface area (Å²) in [6, 6.07) is 6.67. The van der Waals surface area contributed by atoms with Crippen molar-refractivity contribution in [2.45, 2.75) is 46.2 Å². The van der Waals surface area contributed by atoms with E-state index in [1.54, 1.807) is 14.2 Å². The summed E-state index contributed by atoms with van der Waals surface area (Å²) in [7, 11) is 3.39. The fourth-order valence-electron chi connectivity index (χ4n) is 2.37. The summed E-state index contributed by atoms with van der Waals surface area (Å²) in [5, 5.41) is 3.67. The molecule has 0 aliphatic carbocycles. The molecule has 2 unspecified atom stereocenters. The number of rotatable bonds is 7. The first-order chi connectivity index (χ1) is 9.03. The first-order valence-electron chi connectivity index (χ1n) is 7.01. The molecule has 108 valence electrons. The van der Waals surface area contributed by atoms with E-state index in [0.717, 1.165) is 23.5 Å². The SMILES string of the molecule is CCC(NC(C)c1cc(OC)ccc1OC)C(C)C. The Labute approximate surface area is 117 Å². The van der Waals surface area contributed by atoms with Crippen molar-refractivity contribution < 1.29 is 9.47 Å². The van der Waals surface area contributed by atoms with Gasteiger partial charge in [-0.25, -0.2) is 0 Å². The third-order valence-electron chi connectivity index (χ3n) is 3.61. The van der Waals surface area contributed by atoms with Crippen molar-refractivity contribution in [2.24, 2.45) is 5.92 Å². The van der Waals surface area contributed by atoms with Crippen molar-refractivity contribution in [2.75, 3.05) is 14.2 Å². The zero-order valence-electron chi connectivity index (χ0n) is 13.0. The Bertz CT molecular complexity index is 390. The van der Waals surface area contributed by atoms with E-state index in [4.69, 9.17) is 9.47 Å². The molecule has 0 aliphatic rings. The molecule has 0 radical (unpaired) electrons. The van der Waals surface area contributed by atoms with Gasteiger partial charge in [0.05, 0.1) is 14.2 Å². The number of ether oxygens (including phenoxy) is 2.